The van der Waals surface area contributed by atoms with E-state index in [9.17, 15) is 22.8 Å². The fourth-order valence-electron chi connectivity index (χ4n) is 1.78. The van der Waals surface area contributed by atoms with Crippen LogP contribution in [0.1, 0.15) is 16.1 Å². The quantitative estimate of drug-likeness (QED) is 0.692. The van der Waals surface area contributed by atoms with Crippen LogP contribution in [0.4, 0.5) is 13.2 Å². The topological polar surface area (TPSA) is 64.0 Å². The van der Waals surface area contributed by atoms with Crippen molar-refractivity contribution in [3.05, 3.63) is 70.3 Å². The van der Waals surface area contributed by atoms with Gasteiger partial charge in [0, 0.05) is 31.6 Å². The standard InChI is InChI=1S/C15H12F3N3O2/c1-19-7-5-12(22)14-13(23)6-8-21(20-14)11-4-2-3-10(9-11)15(16,17)18/h2-9,19H,1H3/b7-5+. The summed E-state index contributed by atoms with van der Waals surface area (Å²) in [5.41, 5.74) is -1.75. The summed E-state index contributed by atoms with van der Waals surface area (Å²) < 4.78 is 39.3. The average Bonchev–Trinajstić information content (AvgIpc) is 2.52. The molecule has 0 fully saturated rings. The SMILES string of the molecule is CN/C=C/C(=O)c1nn(-c2cccc(C(F)(F)F)c2)ccc1=O. The molecule has 0 atom stereocenters. The Bertz CT molecular complexity index is 810. The molecule has 0 saturated heterocycles. The van der Waals surface area contributed by atoms with Crippen LogP contribution in [0.5, 0.6) is 0 Å². The molecule has 1 aromatic carbocycles. The van der Waals surface area contributed by atoms with Gasteiger partial charge in [0.05, 0.1) is 11.3 Å². The Labute approximate surface area is 129 Å². The summed E-state index contributed by atoms with van der Waals surface area (Å²) in [4.78, 5) is 23.6. The van der Waals surface area contributed by atoms with Crippen molar-refractivity contribution < 1.29 is 18.0 Å². The Morgan fingerprint density at radius 1 is 1.30 bits per heavy atom. The molecule has 5 nitrogen and oxygen atoms in total. The van der Waals surface area contributed by atoms with Crippen molar-refractivity contribution in [1.82, 2.24) is 15.1 Å². The van der Waals surface area contributed by atoms with Crippen LogP contribution in [0.2, 0.25) is 0 Å². The molecule has 0 aliphatic rings. The molecule has 1 aromatic heterocycles. The van der Waals surface area contributed by atoms with Gasteiger partial charge in [-0.3, -0.25) is 9.59 Å². The maximum Gasteiger partial charge on any atom is 0.416 e. The molecule has 0 amide bonds. The van der Waals surface area contributed by atoms with E-state index in [0.29, 0.717) is 0 Å². The first kappa shape index (κ1) is 16.5. The number of allylic oxidation sites excluding steroid dienone is 1. The lowest BCUT2D eigenvalue weighted by Gasteiger charge is -2.10. The molecule has 1 heterocycles. The van der Waals surface area contributed by atoms with Crippen LogP contribution >= 0.6 is 0 Å². The van der Waals surface area contributed by atoms with Crippen molar-refractivity contribution in [1.29, 1.82) is 0 Å². The first-order valence-corrected chi connectivity index (χ1v) is 6.48. The Hall–Kier alpha value is -2.90. The van der Waals surface area contributed by atoms with Gasteiger partial charge < -0.3 is 5.32 Å². The minimum Gasteiger partial charge on any atom is -0.394 e. The molecule has 2 rings (SSSR count). The van der Waals surface area contributed by atoms with Crippen LogP contribution in [0, 0.1) is 0 Å². The van der Waals surface area contributed by atoms with Gasteiger partial charge in [-0.1, -0.05) is 6.07 Å². The zero-order chi connectivity index (χ0) is 17.0. The molecule has 0 aliphatic heterocycles. The van der Waals surface area contributed by atoms with E-state index in [4.69, 9.17) is 0 Å². The molecule has 0 unspecified atom stereocenters. The second kappa shape index (κ2) is 6.47. The first-order chi connectivity index (χ1) is 10.8. The molecule has 0 radical (unpaired) electrons. The van der Waals surface area contributed by atoms with Crippen LogP contribution in [-0.4, -0.2) is 22.6 Å². The number of rotatable bonds is 4. The maximum atomic E-state index is 12.7. The lowest BCUT2D eigenvalue weighted by Crippen LogP contribution is -2.20. The highest BCUT2D eigenvalue weighted by Crippen LogP contribution is 2.30. The summed E-state index contributed by atoms with van der Waals surface area (Å²) in [5.74, 6) is -0.648. The van der Waals surface area contributed by atoms with Crippen molar-refractivity contribution >= 4 is 5.78 Å². The predicted octanol–water partition coefficient (Wildman–Crippen LogP) is 2.17. The van der Waals surface area contributed by atoms with Crippen LogP contribution < -0.4 is 10.7 Å². The fourth-order valence-corrected chi connectivity index (χ4v) is 1.78. The number of carbonyl (C=O) groups is 1. The van der Waals surface area contributed by atoms with Crippen molar-refractivity contribution in [2.75, 3.05) is 7.05 Å². The summed E-state index contributed by atoms with van der Waals surface area (Å²) in [5, 5.41) is 6.42. The van der Waals surface area contributed by atoms with E-state index >= 15 is 0 Å². The molecule has 0 spiro atoms. The van der Waals surface area contributed by atoms with Gasteiger partial charge in [-0.05, 0) is 18.2 Å². The Balaban J connectivity index is 2.48. The lowest BCUT2D eigenvalue weighted by atomic mass is 10.2. The van der Waals surface area contributed by atoms with Crippen LogP contribution in [0.3, 0.4) is 0 Å². The summed E-state index contributed by atoms with van der Waals surface area (Å²) in [6, 6.07) is 5.50. The van der Waals surface area contributed by atoms with Crippen molar-refractivity contribution in [2.45, 2.75) is 6.18 Å². The van der Waals surface area contributed by atoms with E-state index in [0.717, 1.165) is 29.0 Å². The number of benzene rings is 1. The van der Waals surface area contributed by atoms with Gasteiger partial charge in [-0.15, -0.1) is 0 Å². The number of hydrogen-bond acceptors (Lipinski definition) is 4. The van der Waals surface area contributed by atoms with Crippen LogP contribution in [0.15, 0.2) is 53.6 Å². The smallest absolute Gasteiger partial charge is 0.394 e. The number of ketones is 1. The van der Waals surface area contributed by atoms with Gasteiger partial charge in [-0.25, -0.2) is 4.68 Å². The second-order valence-electron chi connectivity index (χ2n) is 4.51. The Morgan fingerprint density at radius 3 is 2.70 bits per heavy atom. The third-order valence-corrected chi connectivity index (χ3v) is 2.88. The number of nitrogens with one attached hydrogen (secondary N) is 1. The van der Waals surface area contributed by atoms with Crippen LogP contribution in [-0.2, 0) is 6.18 Å². The monoisotopic (exact) mass is 323 g/mol. The van der Waals surface area contributed by atoms with Crippen LogP contribution in [0.25, 0.3) is 5.69 Å². The van der Waals surface area contributed by atoms with Gasteiger partial charge in [0.25, 0.3) is 0 Å². The molecule has 23 heavy (non-hydrogen) atoms. The number of aromatic nitrogens is 2. The van der Waals surface area contributed by atoms with Gasteiger partial charge in [0.2, 0.25) is 11.2 Å². The molecule has 120 valence electrons. The van der Waals surface area contributed by atoms with Crippen molar-refractivity contribution in [3.63, 3.8) is 0 Å². The Kier molecular flexibility index (Phi) is 4.63. The molecular formula is C15H12F3N3O2. The molecular weight excluding hydrogens is 311 g/mol. The predicted molar refractivity (Wildman–Crippen MR) is 77.4 cm³/mol. The maximum absolute atomic E-state index is 12.7. The zero-order valence-electron chi connectivity index (χ0n) is 12.0. The highest BCUT2D eigenvalue weighted by molar-refractivity contribution is 6.02. The molecule has 0 saturated carbocycles. The summed E-state index contributed by atoms with van der Waals surface area (Å²) in [7, 11) is 1.57. The van der Waals surface area contributed by atoms with Crippen molar-refractivity contribution in [2.24, 2.45) is 0 Å². The number of alkyl halides is 3. The third kappa shape index (κ3) is 3.85. The van der Waals surface area contributed by atoms with E-state index in [2.05, 4.69) is 10.4 Å². The minimum absolute atomic E-state index is 0.0893. The van der Waals surface area contributed by atoms with Gasteiger partial charge >= 0.3 is 6.18 Å². The van der Waals surface area contributed by atoms with Gasteiger partial charge in [0.1, 0.15) is 0 Å². The molecule has 2 aromatic rings. The normalized spacial score (nSPS) is 11.7. The first-order valence-electron chi connectivity index (χ1n) is 6.48. The molecule has 1 N–H and O–H groups in total. The van der Waals surface area contributed by atoms with Crippen molar-refractivity contribution in [3.8, 4) is 5.69 Å². The van der Waals surface area contributed by atoms with E-state index in [1.54, 1.807) is 7.05 Å². The van der Waals surface area contributed by atoms with E-state index in [1.165, 1.54) is 24.5 Å². The molecule has 0 bridgehead atoms. The van der Waals surface area contributed by atoms with E-state index < -0.39 is 23.0 Å². The number of carbonyl (C=O) groups excluding carboxylic acids is 1. The minimum atomic E-state index is -4.50. The number of halogens is 3. The fraction of sp³-hybridized carbons (Fsp3) is 0.133. The zero-order valence-corrected chi connectivity index (χ0v) is 12.0. The summed E-state index contributed by atoms with van der Waals surface area (Å²) >= 11 is 0. The highest BCUT2D eigenvalue weighted by atomic mass is 19.4. The largest absolute Gasteiger partial charge is 0.416 e. The lowest BCUT2D eigenvalue weighted by molar-refractivity contribution is -0.137. The Morgan fingerprint density at radius 2 is 2.04 bits per heavy atom. The summed E-state index contributed by atoms with van der Waals surface area (Å²) in [6.45, 7) is 0. The highest BCUT2D eigenvalue weighted by Gasteiger charge is 2.30. The molecule has 0 aliphatic carbocycles. The van der Waals surface area contributed by atoms with Gasteiger partial charge in [0.15, 0.2) is 5.69 Å². The third-order valence-electron chi connectivity index (χ3n) is 2.88. The van der Waals surface area contributed by atoms with E-state index in [1.807, 2.05) is 0 Å². The summed E-state index contributed by atoms with van der Waals surface area (Å²) in [6.07, 6.45) is -0.856. The average molecular weight is 323 g/mol. The number of hydrogen-bond donors (Lipinski definition) is 1. The molecule has 8 heteroatoms. The van der Waals surface area contributed by atoms with Gasteiger partial charge in [-0.2, -0.15) is 18.3 Å². The van der Waals surface area contributed by atoms with E-state index in [-0.39, 0.29) is 11.4 Å². The second-order valence-corrected chi connectivity index (χ2v) is 4.51. The number of nitrogens with zero attached hydrogens (tertiary/aromatic N) is 2.